The maximum absolute atomic E-state index is 12.8. The molecule has 33 heavy (non-hydrogen) atoms. The zero-order valence-corrected chi connectivity index (χ0v) is 19.0. The van der Waals surface area contributed by atoms with E-state index in [0.717, 1.165) is 11.1 Å². The van der Waals surface area contributed by atoms with Crippen molar-refractivity contribution >= 4 is 33.0 Å². The highest BCUT2D eigenvalue weighted by molar-refractivity contribution is 7.92. The van der Waals surface area contributed by atoms with Gasteiger partial charge in [-0.3, -0.25) is 19.6 Å². The lowest BCUT2D eigenvalue weighted by Gasteiger charge is -2.12. The molecule has 0 radical (unpaired) electrons. The number of nitro groups is 1. The Kier molecular flexibility index (Phi) is 6.88. The van der Waals surface area contributed by atoms with Crippen LogP contribution >= 0.6 is 0 Å². The molecule has 0 saturated carbocycles. The Bertz CT molecular complexity index is 1370. The summed E-state index contributed by atoms with van der Waals surface area (Å²) in [6.07, 6.45) is 0. The van der Waals surface area contributed by atoms with Gasteiger partial charge in [-0.15, -0.1) is 0 Å². The lowest BCUT2D eigenvalue weighted by atomic mass is 10.1. The van der Waals surface area contributed by atoms with Crippen LogP contribution < -0.4 is 10.1 Å². The fourth-order valence-electron chi connectivity index (χ4n) is 3.04. The van der Waals surface area contributed by atoms with Crippen molar-refractivity contribution < 1.29 is 18.1 Å². The van der Waals surface area contributed by atoms with Crippen molar-refractivity contribution in [2.75, 3.05) is 4.72 Å². The largest absolute Gasteiger partial charge is 0.279 e. The second-order valence-corrected chi connectivity index (χ2v) is 9.08. The molecule has 0 heterocycles. The lowest BCUT2D eigenvalue weighted by molar-refractivity contribution is -0.384. The predicted molar refractivity (Wildman–Crippen MR) is 126 cm³/mol. The van der Waals surface area contributed by atoms with Crippen LogP contribution in [0.3, 0.4) is 0 Å². The van der Waals surface area contributed by atoms with E-state index in [1.54, 1.807) is 32.0 Å². The Morgan fingerprint density at radius 2 is 1.67 bits per heavy atom. The van der Waals surface area contributed by atoms with E-state index in [2.05, 4.69) is 15.2 Å². The molecule has 0 aliphatic heterocycles. The van der Waals surface area contributed by atoms with Gasteiger partial charge in [-0.05, 0) is 50.6 Å². The minimum absolute atomic E-state index is 0.0745. The highest BCUT2D eigenvalue weighted by Crippen LogP contribution is 2.21. The molecule has 0 aromatic heterocycles. The first kappa shape index (κ1) is 23.6. The van der Waals surface area contributed by atoms with E-state index < -0.39 is 20.9 Å². The number of hydrogen-bond acceptors (Lipinski definition) is 6. The van der Waals surface area contributed by atoms with Crippen LogP contribution in [0.25, 0.3) is 0 Å². The first-order valence-electron chi connectivity index (χ1n) is 9.86. The van der Waals surface area contributed by atoms with Gasteiger partial charge < -0.3 is 0 Å². The van der Waals surface area contributed by atoms with Gasteiger partial charge in [0.15, 0.2) is 0 Å². The van der Waals surface area contributed by atoms with Crippen LogP contribution in [0, 0.1) is 24.0 Å². The van der Waals surface area contributed by atoms with Gasteiger partial charge in [-0.2, -0.15) is 5.10 Å². The summed E-state index contributed by atoms with van der Waals surface area (Å²) < 4.78 is 28.2. The Morgan fingerprint density at radius 1 is 0.970 bits per heavy atom. The third-order valence-electron chi connectivity index (χ3n) is 4.83. The number of hydrazone groups is 1. The number of nitro benzene ring substituents is 1. The summed E-state index contributed by atoms with van der Waals surface area (Å²) in [4.78, 5) is 22.9. The summed E-state index contributed by atoms with van der Waals surface area (Å²) in [6, 6.07) is 16.8. The van der Waals surface area contributed by atoms with Gasteiger partial charge in [0.05, 0.1) is 21.2 Å². The number of carbonyl (C=O) groups excluding carboxylic acids is 1. The molecule has 10 heteroatoms. The van der Waals surface area contributed by atoms with Crippen molar-refractivity contribution in [2.24, 2.45) is 5.10 Å². The van der Waals surface area contributed by atoms with Crippen molar-refractivity contribution in [1.82, 2.24) is 5.43 Å². The highest BCUT2D eigenvalue weighted by Gasteiger charge is 2.17. The third kappa shape index (κ3) is 5.80. The molecule has 170 valence electrons. The molecule has 0 saturated heterocycles. The van der Waals surface area contributed by atoms with E-state index in [-0.39, 0.29) is 16.1 Å². The minimum atomic E-state index is -3.92. The number of benzene rings is 3. The number of amides is 1. The second kappa shape index (κ2) is 9.61. The SMILES string of the molecule is C/C(=N\NC(=O)c1cccc(S(=O)(=O)Nc2ccc(C)cc2C)c1)c1cccc([N+](=O)[O-])c1. The van der Waals surface area contributed by atoms with Gasteiger partial charge in [0.2, 0.25) is 0 Å². The molecule has 3 aromatic carbocycles. The molecule has 3 rings (SSSR count). The van der Waals surface area contributed by atoms with E-state index >= 15 is 0 Å². The zero-order valence-electron chi connectivity index (χ0n) is 18.2. The maximum atomic E-state index is 12.8. The number of non-ortho nitro benzene ring substituents is 1. The number of sulfonamides is 1. The molecule has 0 aliphatic carbocycles. The second-order valence-electron chi connectivity index (χ2n) is 7.40. The van der Waals surface area contributed by atoms with Gasteiger partial charge in [-0.1, -0.05) is 35.9 Å². The molecule has 9 nitrogen and oxygen atoms in total. The smallest absolute Gasteiger partial charge is 0.271 e. The molecular formula is C23H22N4O5S. The number of hydrogen-bond donors (Lipinski definition) is 2. The van der Waals surface area contributed by atoms with Crippen LogP contribution in [0.4, 0.5) is 11.4 Å². The van der Waals surface area contributed by atoms with E-state index in [9.17, 15) is 23.3 Å². The summed E-state index contributed by atoms with van der Waals surface area (Å²) in [5, 5.41) is 14.9. The molecule has 3 aromatic rings. The molecule has 0 spiro atoms. The number of carbonyl (C=O) groups is 1. The molecule has 1 amide bonds. The topological polar surface area (TPSA) is 131 Å². The number of aryl methyl sites for hydroxylation is 2. The fraction of sp³-hybridized carbons (Fsp3) is 0.130. The number of nitrogens with one attached hydrogen (secondary N) is 2. The maximum Gasteiger partial charge on any atom is 0.271 e. The summed E-state index contributed by atoms with van der Waals surface area (Å²) in [6.45, 7) is 5.31. The number of anilines is 1. The van der Waals surface area contributed by atoms with E-state index in [1.807, 2.05) is 13.0 Å². The van der Waals surface area contributed by atoms with Crippen LogP contribution in [-0.2, 0) is 10.0 Å². The van der Waals surface area contributed by atoms with E-state index in [1.165, 1.54) is 42.5 Å². The first-order chi connectivity index (χ1) is 15.6. The summed E-state index contributed by atoms with van der Waals surface area (Å²) in [7, 11) is -3.92. The normalized spacial score (nSPS) is 11.7. The Balaban J connectivity index is 1.78. The molecule has 2 N–H and O–H groups in total. The van der Waals surface area contributed by atoms with Crippen LogP contribution in [0.1, 0.15) is 34.0 Å². The summed E-state index contributed by atoms with van der Waals surface area (Å²) in [5.41, 5.74) is 5.41. The van der Waals surface area contributed by atoms with Gasteiger partial charge in [0.25, 0.3) is 21.6 Å². The molecule has 0 unspecified atom stereocenters. The minimum Gasteiger partial charge on any atom is -0.279 e. The van der Waals surface area contributed by atoms with Gasteiger partial charge in [-0.25, -0.2) is 13.8 Å². The van der Waals surface area contributed by atoms with Crippen molar-refractivity contribution in [3.8, 4) is 0 Å². The van der Waals surface area contributed by atoms with Crippen molar-refractivity contribution in [3.05, 3.63) is 99.1 Å². The van der Waals surface area contributed by atoms with Crippen LogP contribution in [-0.4, -0.2) is 25.0 Å². The lowest BCUT2D eigenvalue weighted by Crippen LogP contribution is -2.20. The van der Waals surface area contributed by atoms with E-state index in [4.69, 9.17) is 0 Å². The monoisotopic (exact) mass is 466 g/mol. The summed E-state index contributed by atoms with van der Waals surface area (Å²) >= 11 is 0. The van der Waals surface area contributed by atoms with Crippen molar-refractivity contribution in [2.45, 2.75) is 25.7 Å². The van der Waals surface area contributed by atoms with Crippen molar-refractivity contribution in [3.63, 3.8) is 0 Å². The quantitative estimate of drug-likeness (QED) is 0.307. The van der Waals surface area contributed by atoms with Gasteiger partial charge >= 0.3 is 0 Å². The Hall–Kier alpha value is -4.05. The van der Waals surface area contributed by atoms with Crippen molar-refractivity contribution in [1.29, 1.82) is 0 Å². The Labute approximate surface area is 191 Å². The number of rotatable bonds is 7. The van der Waals surface area contributed by atoms with Crippen LogP contribution in [0.2, 0.25) is 0 Å². The number of nitrogens with zero attached hydrogens (tertiary/aromatic N) is 2. The molecule has 0 fully saturated rings. The standard InChI is InChI=1S/C23H22N4O5S/c1-15-10-11-22(16(2)12-15)26-33(31,32)21-9-5-7-19(14-21)23(28)25-24-17(3)18-6-4-8-20(13-18)27(29)30/h4-14,26H,1-3H3,(H,25,28)/b24-17+. The Morgan fingerprint density at radius 3 is 2.36 bits per heavy atom. The fourth-order valence-corrected chi connectivity index (χ4v) is 4.22. The van der Waals surface area contributed by atoms with E-state index in [0.29, 0.717) is 17.0 Å². The average Bonchev–Trinajstić information content (AvgIpc) is 2.79. The molecule has 0 aliphatic rings. The molecular weight excluding hydrogens is 444 g/mol. The van der Waals surface area contributed by atoms with Gasteiger partial charge in [0, 0.05) is 23.3 Å². The molecule has 0 bridgehead atoms. The third-order valence-corrected chi connectivity index (χ3v) is 6.20. The molecule has 0 atom stereocenters. The van der Waals surface area contributed by atoms with Gasteiger partial charge in [0.1, 0.15) is 0 Å². The zero-order chi connectivity index (χ0) is 24.2. The average molecular weight is 467 g/mol. The predicted octanol–water partition coefficient (Wildman–Crippen LogP) is 4.17. The highest BCUT2D eigenvalue weighted by atomic mass is 32.2. The van der Waals surface area contributed by atoms with Crippen LogP contribution in [0.5, 0.6) is 0 Å². The summed E-state index contributed by atoms with van der Waals surface area (Å²) in [5.74, 6) is -0.622. The van der Waals surface area contributed by atoms with Crippen LogP contribution in [0.15, 0.2) is 76.7 Å². The first-order valence-corrected chi connectivity index (χ1v) is 11.3.